The molecule has 4 rings (SSSR count). The van der Waals surface area contributed by atoms with E-state index in [1.165, 1.54) is 4.57 Å². The van der Waals surface area contributed by atoms with E-state index in [0.717, 1.165) is 24.8 Å². The van der Waals surface area contributed by atoms with Gasteiger partial charge in [-0.05, 0) is 37.5 Å². The molecule has 0 unspecified atom stereocenters. The van der Waals surface area contributed by atoms with Crippen molar-refractivity contribution < 1.29 is 4.79 Å². The smallest absolute Gasteiger partial charge is 0.262 e. The summed E-state index contributed by atoms with van der Waals surface area (Å²) in [6.45, 7) is 2.33. The molecule has 1 aliphatic carbocycles. The molecule has 6 nitrogen and oxygen atoms in total. The fourth-order valence-electron chi connectivity index (χ4n) is 3.72. The van der Waals surface area contributed by atoms with E-state index in [0.29, 0.717) is 23.4 Å². The van der Waals surface area contributed by atoms with Crippen LogP contribution >= 0.6 is 0 Å². The third-order valence-corrected chi connectivity index (χ3v) is 5.43. The lowest BCUT2D eigenvalue weighted by atomic mass is 9.64. The van der Waals surface area contributed by atoms with Gasteiger partial charge in [-0.2, -0.15) is 0 Å². The average molecular weight is 362 g/mol. The normalized spacial score (nSPS) is 15.1. The molecule has 0 atom stereocenters. The van der Waals surface area contributed by atoms with Gasteiger partial charge in [-0.1, -0.05) is 48.9 Å². The van der Waals surface area contributed by atoms with Gasteiger partial charge in [-0.3, -0.25) is 25.0 Å². The maximum absolute atomic E-state index is 13.0. The van der Waals surface area contributed by atoms with Crippen molar-refractivity contribution in [3.63, 3.8) is 0 Å². The fraction of sp³-hybridized carbons (Fsp3) is 0.286. The van der Waals surface area contributed by atoms with Gasteiger partial charge in [0.15, 0.2) is 0 Å². The number of fused-ring (bicyclic) bond motifs is 1. The van der Waals surface area contributed by atoms with Crippen molar-refractivity contribution in [2.75, 3.05) is 5.43 Å². The number of carbonyl (C=O) groups excluding carboxylic acids is 1. The van der Waals surface area contributed by atoms with Crippen molar-refractivity contribution in [2.45, 2.75) is 38.1 Å². The molecule has 2 N–H and O–H groups in total. The van der Waals surface area contributed by atoms with Gasteiger partial charge in [0.2, 0.25) is 11.9 Å². The molecule has 1 heterocycles. The van der Waals surface area contributed by atoms with Gasteiger partial charge in [-0.15, -0.1) is 0 Å². The second kappa shape index (κ2) is 6.87. The summed E-state index contributed by atoms with van der Waals surface area (Å²) in [5.41, 5.74) is 6.68. The number of amides is 1. The predicted molar refractivity (Wildman–Crippen MR) is 105 cm³/mol. The van der Waals surface area contributed by atoms with Crippen LogP contribution in [0.2, 0.25) is 0 Å². The molecule has 1 saturated carbocycles. The maximum atomic E-state index is 13.0. The molecule has 1 fully saturated rings. The Morgan fingerprint density at radius 1 is 1.11 bits per heavy atom. The van der Waals surface area contributed by atoms with E-state index in [2.05, 4.69) is 15.8 Å². The summed E-state index contributed by atoms with van der Waals surface area (Å²) in [7, 11) is 0. The largest absolute Gasteiger partial charge is 0.277 e. The molecular formula is C21H22N4O2. The topological polar surface area (TPSA) is 76.0 Å². The van der Waals surface area contributed by atoms with Crippen molar-refractivity contribution in [3.05, 3.63) is 70.5 Å². The Balaban J connectivity index is 1.62. The highest BCUT2D eigenvalue weighted by Crippen LogP contribution is 2.43. The Bertz CT molecular complexity index is 1040. The number of anilines is 1. The summed E-state index contributed by atoms with van der Waals surface area (Å²) in [6.07, 6.45) is 2.66. The summed E-state index contributed by atoms with van der Waals surface area (Å²) >= 11 is 0. The quantitative estimate of drug-likeness (QED) is 0.684. The van der Waals surface area contributed by atoms with Crippen LogP contribution in [-0.2, 0) is 16.8 Å². The molecule has 0 saturated heterocycles. The number of hydrogen-bond acceptors (Lipinski definition) is 4. The Morgan fingerprint density at radius 2 is 1.81 bits per heavy atom. The first-order chi connectivity index (χ1) is 13.2. The third kappa shape index (κ3) is 2.87. The monoisotopic (exact) mass is 362 g/mol. The minimum Gasteiger partial charge on any atom is -0.277 e. The van der Waals surface area contributed by atoms with Crippen molar-refractivity contribution in [1.29, 1.82) is 0 Å². The van der Waals surface area contributed by atoms with E-state index in [1.807, 2.05) is 49.4 Å². The van der Waals surface area contributed by atoms with Crippen molar-refractivity contribution >= 4 is 22.8 Å². The van der Waals surface area contributed by atoms with Crippen LogP contribution in [0.3, 0.4) is 0 Å². The van der Waals surface area contributed by atoms with E-state index >= 15 is 0 Å². The summed E-state index contributed by atoms with van der Waals surface area (Å²) in [5.74, 6) is 0.252. The zero-order valence-corrected chi connectivity index (χ0v) is 15.2. The minimum absolute atomic E-state index is 0.0926. The molecule has 1 aromatic heterocycles. The van der Waals surface area contributed by atoms with Crippen LogP contribution in [0.5, 0.6) is 0 Å². The number of para-hydroxylation sites is 1. The minimum atomic E-state index is -0.511. The van der Waals surface area contributed by atoms with Gasteiger partial charge in [0, 0.05) is 6.54 Å². The summed E-state index contributed by atoms with van der Waals surface area (Å²) in [5, 5.41) is 0.566. The number of benzene rings is 2. The van der Waals surface area contributed by atoms with Crippen LogP contribution in [-0.4, -0.2) is 15.5 Å². The summed E-state index contributed by atoms with van der Waals surface area (Å²) in [4.78, 5) is 30.2. The lowest BCUT2D eigenvalue weighted by Crippen LogP contribution is -2.51. The lowest BCUT2D eigenvalue weighted by Gasteiger charge is -2.40. The van der Waals surface area contributed by atoms with Crippen molar-refractivity contribution in [3.8, 4) is 0 Å². The van der Waals surface area contributed by atoms with E-state index in [-0.39, 0.29) is 11.5 Å². The van der Waals surface area contributed by atoms with E-state index in [4.69, 9.17) is 0 Å². The molecule has 0 radical (unpaired) electrons. The summed E-state index contributed by atoms with van der Waals surface area (Å²) < 4.78 is 1.53. The number of nitrogens with one attached hydrogen (secondary N) is 2. The highest BCUT2D eigenvalue weighted by molar-refractivity contribution is 5.90. The summed E-state index contributed by atoms with van der Waals surface area (Å²) in [6, 6.07) is 17.1. The Hall–Kier alpha value is -3.15. The van der Waals surface area contributed by atoms with Crippen molar-refractivity contribution in [2.24, 2.45) is 0 Å². The van der Waals surface area contributed by atoms with Gasteiger partial charge >= 0.3 is 0 Å². The van der Waals surface area contributed by atoms with Crippen LogP contribution in [0.15, 0.2) is 59.4 Å². The van der Waals surface area contributed by atoms with Crippen LogP contribution in [0.25, 0.3) is 10.9 Å². The standard InChI is InChI=1S/C21H22N4O2/c1-2-25-18(26)16-11-6-7-12-17(16)22-20(25)24-23-19(27)21(13-8-14-21)15-9-4-3-5-10-15/h3-7,9-12H,2,8,13-14H2,1H3,(H,22,24)(H,23,27). The van der Waals surface area contributed by atoms with Gasteiger partial charge in [0.1, 0.15) is 0 Å². The third-order valence-electron chi connectivity index (χ3n) is 5.43. The van der Waals surface area contributed by atoms with Gasteiger partial charge in [-0.25, -0.2) is 4.98 Å². The van der Waals surface area contributed by atoms with Gasteiger partial charge < -0.3 is 0 Å². The van der Waals surface area contributed by atoms with Crippen molar-refractivity contribution in [1.82, 2.24) is 15.0 Å². The molecule has 138 valence electrons. The molecule has 1 amide bonds. The zero-order chi connectivity index (χ0) is 18.9. The Morgan fingerprint density at radius 3 is 2.48 bits per heavy atom. The first-order valence-corrected chi connectivity index (χ1v) is 9.27. The number of carbonyl (C=O) groups is 1. The number of rotatable bonds is 5. The van der Waals surface area contributed by atoms with Crippen LogP contribution in [0.1, 0.15) is 31.7 Å². The average Bonchev–Trinajstić information content (AvgIpc) is 2.66. The first-order valence-electron chi connectivity index (χ1n) is 9.27. The highest BCUT2D eigenvalue weighted by atomic mass is 16.2. The van der Waals surface area contributed by atoms with Gasteiger partial charge in [0.25, 0.3) is 5.56 Å². The molecular weight excluding hydrogens is 340 g/mol. The van der Waals surface area contributed by atoms with Gasteiger partial charge in [0.05, 0.1) is 16.3 Å². The van der Waals surface area contributed by atoms with Crippen LogP contribution in [0, 0.1) is 0 Å². The SMILES string of the molecule is CCn1c(NNC(=O)C2(c3ccccc3)CCC2)nc2ccccc2c1=O. The maximum Gasteiger partial charge on any atom is 0.262 e. The molecule has 2 aromatic carbocycles. The molecule has 6 heteroatoms. The Kier molecular flexibility index (Phi) is 4.39. The highest BCUT2D eigenvalue weighted by Gasteiger charge is 2.45. The second-order valence-corrected chi connectivity index (χ2v) is 6.88. The second-order valence-electron chi connectivity index (χ2n) is 6.88. The molecule has 0 aliphatic heterocycles. The lowest BCUT2D eigenvalue weighted by molar-refractivity contribution is -0.129. The van der Waals surface area contributed by atoms with E-state index in [1.54, 1.807) is 12.1 Å². The number of aromatic nitrogens is 2. The molecule has 0 bridgehead atoms. The fourth-order valence-corrected chi connectivity index (χ4v) is 3.72. The Labute approximate surface area is 157 Å². The number of hydrogen-bond donors (Lipinski definition) is 2. The van der Waals surface area contributed by atoms with E-state index < -0.39 is 5.41 Å². The first kappa shape index (κ1) is 17.3. The predicted octanol–water partition coefficient (Wildman–Crippen LogP) is 2.98. The zero-order valence-electron chi connectivity index (χ0n) is 15.2. The number of hydrazine groups is 1. The van der Waals surface area contributed by atoms with E-state index in [9.17, 15) is 9.59 Å². The van der Waals surface area contributed by atoms with Crippen LogP contribution in [0.4, 0.5) is 5.95 Å². The molecule has 0 spiro atoms. The molecule has 3 aromatic rings. The van der Waals surface area contributed by atoms with Crippen LogP contribution < -0.4 is 16.4 Å². The number of nitrogens with zero attached hydrogens (tertiary/aromatic N) is 2. The molecule has 27 heavy (non-hydrogen) atoms. The molecule has 1 aliphatic rings.